The van der Waals surface area contributed by atoms with E-state index in [-0.39, 0.29) is 89.4 Å². The second-order valence-electron chi connectivity index (χ2n) is 24.2. The number of aliphatic imine (C=N–C) groups is 1. The first-order chi connectivity index (χ1) is 45.8. The van der Waals surface area contributed by atoms with Gasteiger partial charge in [0, 0.05) is 45.3 Å². The smallest absolute Gasteiger partial charge is 0.328 e. The third-order valence-electron chi connectivity index (χ3n) is 16.2. The predicted octanol–water partition coefficient (Wildman–Crippen LogP) is -3.02. The Kier molecular flexibility index (Phi) is 34.6. The molecule has 0 aromatic heterocycles. The third kappa shape index (κ3) is 27.4. The van der Waals surface area contributed by atoms with Gasteiger partial charge in [-0.25, -0.2) is 4.79 Å². The number of likely N-dealkylation sites (tertiary alicyclic amines) is 2. The van der Waals surface area contributed by atoms with E-state index in [1.54, 1.807) is 60.7 Å². The van der Waals surface area contributed by atoms with Crippen LogP contribution in [0, 0.1) is 5.92 Å². The molecule has 2 saturated heterocycles. The van der Waals surface area contributed by atoms with Crippen molar-refractivity contribution in [2.24, 2.45) is 45.3 Å². The van der Waals surface area contributed by atoms with Gasteiger partial charge < -0.3 is 91.5 Å². The molecule has 2 aromatic carbocycles. The Morgan fingerprint density at radius 3 is 1.53 bits per heavy atom. The zero-order chi connectivity index (χ0) is 70.9. The zero-order valence-corrected chi connectivity index (χ0v) is 56.1. The number of unbranched alkanes of at least 4 members (excludes halogenated alkanes) is 1. The molecule has 2 aliphatic heterocycles. The summed E-state index contributed by atoms with van der Waals surface area (Å²) in [5.74, 6) is -9.60. The number of benzene rings is 2. The van der Waals surface area contributed by atoms with Crippen LogP contribution in [0.1, 0.15) is 121 Å². The highest BCUT2D eigenvalue weighted by molar-refractivity contribution is 7.98. The number of thioether (sulfide) groups is 1. The quantitative estimate of drug-likeness (QED) is 0.0136. The number of esters is 1. The SMILES string of the molecule is COC(=O)[C@H](CCCN=C(N)N)NC(=O)[C@@H]1CCCN1C(=O)[C@H](CCCCN)NC(=O)[C@@H]1CCCN1C(=O)[C@H](CCC(N)=O)NC(=O)[C@H](CCC(N)=O)NC(=O)[C@H](Cc1ccccc1)NC(=O)[C@H](Cc1ccccc1)NC(=O)CNC(=O)[C@H](CC(C)C)NC(=O)[C@@H](N)CCSC. The summed E-state index contributed by atoms with van der Waals surface area (Å²) in [6.07, 6.45) is 2.91. The van der Waals surface area contributed by atoms with Gasteiger partial charge in [-0.2, -0.15) is 11.8 Å². The molecule has 2 heterocycles. The van der Waals surface area contributed by atoms with E-state index in [0.717, 1.165) is 0 Å². The number of ether oxygens (including phenoxy) is 1. The summed E-state index contributed by atoms with van der Waals surface area (Å²) in [5.41, 5.74) is 35.0. The van der Waals surface area contributed by atoms with E-state index in [1.165, 1.54) is 28.7 Å². The Hall–Kier alpha value is -8.91. The van der Waals surface area contributed by atoms with Crippen molar-refractivity contribution in [2.45, 2.75) is 183 Å². The van der Waals surface area contributed by atoms with E-state index in [2.05, 4.69) is 47.5 Å². The Morgan fingerprint density at radius 1 is 0.562 bits per heavy atom. The van der Waals surface area contributed by atoms with Crippen molar-refractivity contribution in [1.82, 2.24) is 52.3 Å². The second kappa shape index (κ2) is 41.8. The van der Waals surface area contributed by atoms with Gasteiger partial charge in [-0.15, -0.1) is 0 Å². The van der Waals surface area contributed by atoms with Gasteiger partial charge >= 0.3 is 5.97 Å². The summed E-state index contributed by atoms with van der Waals surface area (Å²) in [7, 11) is 1.17. The fourth-order valence-electron chi connectivity index (χ4n) is 11.1. The first-order valence-electron chi connectivity index (χ1n) is 32.5. The molecule has 10 atom stereocenters. The standard InChI is InChI=1S/C64H99N17O14S/c1-38(2)34-46(78-54(85)41(66)28-33-96-4)55(86)72-37-53(84)73-47(35-39-16-7-5-8-17-39)57(88)79-48(36-40-18-9-6-10-19-40)58(89)74-42(24-26-51(67)82)56(87)75-44(25-27-52(68)83)62(93)81-32-14-22-49(81)59(90)76-43(20-11-12-29-65)61(92)80-31-15-23-50(80)60(91)77-45(63(94)95-3)21-13-30-71-64(69)70/h5-10,16-19,38,41-50H,11-15,20-37,65-66H2,1-4H3,(H2,67,82)(H2,68,83)(H,72,86)(H,73,84)(H,74,89)(H,75,87)(H,76,90)(H,77,91)(H,78,85)(H,79,88)(H4,69,70,71)/t41-,42-,43-,44-,45-,46-,47-,48-,49-,50-/m0/s1. The van der Waals surface area contributed by atoms with Crippen LogP contribution >= 0.6 is 11.8 Å². The van der Waals surface area contributed by atoms with Gasteiger partial charge in [0.15, 0.2) is 5.96 Å². The number of hydrogen-bond donors (Lipinski definition) is 14. The number of nitrogens with two attached hydrogens (primary N) is 6. The van der Waals surface area contributed by atoms with Crippen LogP contribution in [0.15, 0.2) is 65.7 Å². The van der Waals surface area contributed by atoms with Crippen molar-refractivity contribution in [1.29, 1.82) is 0 Å². The minimum atomic E-state index is -1.64. The highest BCUT2D eigenvalue weighted by atomic mass is 32.2. The van der Waals surface area contributed by atoms with E-state index < -0.39 is 163 Å². The second-order valence-corrected chi connectivity index (χ2v) is 25.2. The topological polar surface area (TPSA) is 502 Å². The molecule has 0 aliphatic carbocycles. The number of nitrogens with one attached hydrogen (secondary N) is 8. The van der Waals surface area contributed by atoms with Crippen molar-refractivity contribution in [2.75, 3.05) is 51.8 Å². The summed E-state index contributed by atoms with van der Waals surface area (Å²) in [6.45, 7) is 3.67. The summed E-state index contributed by atoms with van der Waals surface area (Å²) >= 11 is 1.51. The van der Waals surface area contributed by atoms with E-state index in [9.17, 15) is 62.3 Å². The summed E-state index contributed by atoms with van der Waals surface area (Å²) in [5, 5.41) is 21.3. The zero-order valence-electron chi connectivity index (χ0n) is 55.3. The van der Waals surface area contributed by atoms with Gasteiger partial charge in [0.05, 0.1) is 19.7 Å². The number of carbonyl (C=O) groups is 13. The molecular weight excluding hydrogens is 1260 g/mol. The van der Waals surface area contributed by atoms with Crippen LogP contribution < -0.4 is 76.9 Å². The monoisotopic (exact) mass is 1360 g/mol. The molecule has 31 nitrogen and oxygen atoms in total. The minimum absolute atomic E-state index is 0.0108. The van der Waals surface area contributed by atoms with Crippen LogP contribution in [0.25, 0.3) is 0 Å². The predicted molar refractivity (Wildman–Crippen MR) is 358 cm³/mol. The van der Waals surface area contributed by atoms with E-state index >= 15 is 0 Å². The fraction of sp³-hybridized carbons (Fsp3) is 0.594. The highest BCUT2D eigenvalue weighted by Crippen LogP contribution is 2.24. The lowest BCUT2D eigenvalue weighted by molar-refractivity contribution is -0.147. The molecule has 12 amide bonds. The first kappa shape index (κ1) is 79.5. The molecule has 20 N–H and O–H groups in total. The molecule has 0 spiro atoms. The lowest BCUT2D eigenvalue weighted by atomic mass is 10.0. The first-order valence-corrected chi connectivity index (χ1v) is 33.9. The van der Waals surface area contributed by atoms with Crippen molar-refractivity contribution in [3.8, 4) is 0 Å². The molecule has 0 saturated carbocycles. The molecule has 0 unspecified atom stereocenters. The number of methoxy groups -OCH3 is 1. The maximum atomic E-state index is 14.8. The van der Waals surface area contributed by atoms with Crippen LogP contribution in [0.4, 0.5) is 0 Å². The Bertz CT molecular complexity index is 2980. The molecule has 530 valence electrons. The molecule has 2 aromatic rings. The van der Waals surface area contributed by atoms with Gasteiger partial charge in [0.25, 0.3) is 0 Å². The van der Waals surface area contributed by atoms with Crippen LogP contribution in [0.3, 0.4) is 0 Å². The van der Waals surface area contributed by atoms with Gasteiger partial charge in [-0.1, -0.05) is 74.5 Å². The Morgan fingerprint density at radius 2 is 1.03 bits per heavy atom. The van der Waals surface area contributed by atoms with Crippen LogP contribution in [0.5, 0.6) is 0 Å². The van der Waals surface area contributed by atoms with Gasteiger partial charge in [-0.05, 0) is 119 Å². The number of carbonyl (C=O) groups excluding carboxylic acids is 13. The van der Waals surface area contributed by atoms with Gasteiger partial charge in [0.2, 0.25) is 70.9 Å². The number of nitrogens with zero attached hydrogens (tertiary/aromatic N) is 3. The number of amides is 12. The normalized spacial score (nSPS) is 16.7. The average molecular weight is 1360 g/mol. The van der Waals surface area contributed by atoms with Crippen molar-refractivity contribution >= 4 is 94.6 Å². The number of hydrogen-bond acceptors (Lipinski definition) is 18. The molecule has 4 rings (SSSR count). The van der Waals surface area contributed by atoms with Crippen LogP contribution in [0.2, 0.25) is 0 Å². The highest BCUT2D eigenvalue weighted by Gasteiger charge is 2.43. The number of primary amides is 2. The average Bonchev–Trinajstić information content (AvgIpc) is 1.60. The lowest BCUT2D eigenvalue weighted by Crippen LogP contribution is -2.60. The molecule has 96 heavy (non-hydrogen) atoms. The molecule has 0 bridgehead atoms. The third-order valence-corrected chi connectivity index (χ3v) is 16.8. The Labute approximate surface area is 564 Å². The summed E-state index contributed by atoms with van der Waals surface area (Å²) < 4.78 is 4.92. The largest absolute Gasteiger partial charge is 0.467 e. The van der Waals surface area contributed by atoms with E-state index in [0.29, 0.717) is 55.4 Å². The van der Waals surface area contributed by atoms with E-state index in [4.69, 9.17) is 39.1 Å². The number of guanidine groups is 1. The van der Waals surface area contributed by atoms with E-state index in [1.807, 2.05) is 20.1 Å². The molecule has 32 heteroatoms. The van der Waals surface area contributed by atoms with Crippen LogP contribution in [-0.2, 0) is 79.9 Å². The maximum absolute atomic E-state index is 14.8. The van der Waals surface area contributed by atoms with Crippen molar-refractivity contribution < 1.29 is 67.1 Å². The van der Waals surface area contributed by atoms with Crippen molar-refractivity contribution in [3.05, 3.63) is 71.8 Å². The summed E-state index contributed by atoms with van der Waals surface area (Å²) in [6, 6.07) is 4.57. The molecular formula is C64H99N17O14S. The number of rotatable bonds is 42. The fourth-order valence-corrected chi connectivity index (χ4v) is 11.6. The van der Waals surface area contributed by atoms with Gasteiger partial charge in [-0.3, -0.25) is 62.5 Å². The molecule has 2 fully saturated rings. The van der Waals surface area contributed by atoms with Crippen molar-refractivity contribution in [3.63, 3.8) is 0 Å². The maximum Gasteiger partial charge on any atom is 0.328 e. The Balaban J connectivity index is 1.58. The lowest BCUT2D eigenvalue weighted by Gasteiger charge is -2.32. The van der Waals surface area contributed by atoms with Gasteiger partial charge in [0.1, 0.15) is 54.4 Å². The van der Waals surface area contributed by atoms with Crippen LogP contribution in [-0.4, -0.2) is 205 Å². The molecule has 0 radical (unpaired) electrons. The summed E-state index contributed by atoms with van der Waals surface area (Å²) in [4.78, 5) is 186. The molecule has 2 aliphatic rings. The minimum Gasteiger partial charge on any atom is -0.467 e.